The van der Waals surface area contributed by atoms with Crippen molar-refractivity contribution in [3.63, 3.8) is 0 Å². The molecule has 0 aliphatic heterocycles. The summed E-state index contributed by atoms with van der Waals surface area (Å²) in [4.78, 5) is 28.0. The minimum Gasteiger partial charge on any atom is -0.352 e. The second kappa shape index (κ2) is 10.9. The van der Waals surface area contributed by atoms with Crippen LogP contribution in [0, 0.1) is 5.82 Å². The number of carbonyl (C=O) groups is 2. The topological polar surface area (TPSA) is 49.4 Å². The maximum atomic E-state index is 13.3. The van der Waals surface area contributed by atoms with Crippen LogP contribution in [0.25, 0.3) is 0 Å². The molecule has 0 bridgehead atoms. The third kappa shape index (κ3) is 6.15. The van der Waals surface area contributed by atoms with E-state index >= 15 is 0 Å². The smallest absolute Gasteiger partial charge is 0.243 e. The third-order valence-electron chi connectivity index (χ3n) is 5.80. The lowest BCUT2D eigenvalue weighted by Crippen LogP contribution is -2.51. The number of halogens is 1. The van der Waals surface area contributed by atoms with Crippen LogP contribution in [0.15, 0.2) is 54.6 Å². The van der Waals surface area contributed by atoms with E-state index in [0.29, 0.717) is 13.0 Å². The van der Waals surface area contributed by atoms with Crippen LogP contribution in [0.2, 0.25) is 0 Å². The van der Waals surface area contributed by atoms with Crippen LogP contribution in [0.3, 0.4) is 0 Å². The molecule has 0 saturated heterocycles. The largest absolute Gasteiger partial charge is 0.352 e. The van der Waals surface area contributed by atoms with Crippen molar-refractivity contribution in [3.05, 3.63) is 71.5 Å². The molecule has 2 aromatic rings. The Morgan fingerprint density at radius 1 is 1.00 bits per heavy atom. The molecule has 0 spiro atoms. The van der Waals surface area contributed by atoms with Crippen molar-refractivity contribution in [2.24, 2.45) is 0 Å². The fraction of sp³-hybridized carbons (Fsp3) is 0.440. The normalized spacial score (nSPS) is 15.4. The number of hydrogen-bond donors (Lipinski definition) is 1. The Labute approximate surface area is 178 Å². The van der Waals surface area contributed by atoms with Gasteiger partial charge in [-0.3, -0.25) is 9.59 Å². The standard InChI is InChI=1S/C25H31FN2O2/c1-2-23(25(30)27-22-11-7-4-8-12-22)28(18-20-9-5-3-6-10-20)24(29)17-19-13-15-21(26)16-14-19/h3,5-6,9-10,13-16,22-23H,2,4,7-8,11-12,17-18H2,1H3,(H,27,30)/t23-/m1/s1. The van der Waals surface area contributed by atoms with Crippen LogP contribution in [0.5, 0.6) is 0 Å². The molecule has 2 amide bonds. The summed E-state index contributed by atoms with van der Waals surface area (Å²) >= 11 is 0. The van der Waals surface area contributed by atoms with E-state index in [2.05, 4.69) is 5.32 Å². The Balaban J connectivity index is 1.77. The molecule has 1 aliphatic rings. The van der Waals surface area contributed by atoms with Crippen molar-refractivity contribution < 1.29 is 14.0 Å². The van der Waals surface area contributed by atoms with Gasteiger partial charge in [-0.2, -0.15) is 0 Å². The molecule has 0 unspecified atom stereocenters. The minimum atomic E-state index is -0.528. The molecule has 0 aromatic heterocycles. The molecular formula is C25H31FN2O2. The number of rotatable bonds is 8. The highest BCUT2D eigenvalue weighted by Gasteiger charge is 2.30. The van der Waals surface area contributed by atoms with Gasteiger partial charge in [-0.25, -0.2) is 4.39 Å². The van der Waals surface area contributed by atoms with E-state index in [4.69, 9.17) is 0 Å². The highest BCUT2D eigenvalue weighted by molar-refractivity contribution is 5.88. The van der Waals surface area contributed by atoms with Crippen molar-refractivity contribution in [1.82, 2.24) is 10.2 Å². The van der Waals surface area contributed by atoms with E-state index in [9.17, 15) is 14.0 Å². The summed E-state index contributed by atoms with van der Waals surface area (Å²) in [6, 6.07) is 15.4. The van der Waals surface area contributed by atoms with Gasteiger partial charge in [0.05, 0.1) is 6.42 Å². The van der Waals surface area contributed by atoms with Crippen molar-refractivity contribution in [3.8, 4) is 0 Å². The molecule has 1 fully saturated rings. The second-order valence-corrected chi connectivity index (χ2v) is 8.08. The maximum Gasteiger partial charge on any atom is 0.243 e. The highest BCUT2D eigenvalue weighted by atomic mass is 19.1. The van der Waals surface area contributed by atoms with Crippen LogP contribution in [-0.4, -0.2) is 28.8 Å². The predicted octanol–water partition coefficient (Wildman–Crippen LogP) is 4.62. The van der Waals surface area contributed by atoms with Crippen LogP contribution < -0.4 is 5.32 Å². The van der Waals surface area contributed by atoms with Crippen LogP contribution in [-0.2, 0) is 22.6 Å². The van der Waals surface area contributed by atoms with E-state index in [1.807, 2.05) is 37.3 Å². The number of nitrogens with zero attached hydrogens (tertiary/aromatic N) is 1. The zero-order valence-electron chi connectivity index (χ0n) is 17.6. The Hall–Kier alpha value is -2.69. The SMILES string of the molecule is CC[C@H](C(=O)NC1CCCCC1)N(Cc1ccccc1)C(=O)Cc1ccc(F)cc1. The van der Waals surface area contributed by atoms with Crippen LogP contribution >= 0.6 is 0 Å². The Bertz CT molecular complexity index is 817. The van der Waals surface area contributed by atoms with Crippen LogP contribution in [0.1, 0.15) is 56.6 Å². The number of nitrogens with one attached hydrogen (secondary N) is 1. The van der Waals surface area contributed by atoms with E-state index in [1.54, 1.807) is 17.0 Å². The molecule has 5 heteroatoms. The van der Waals surface area contributed by atoms with Gasteiger partial charge in [-0.05, 0) is 42.5 Å². The first-order chi connectivity index (χ1) is 14.6. The summed E-state index contributed by atoms with van der Waals surface area (Å²) in [6.07, 6.45) is 6.19. The summed E-state index contributed by atoms with van der Waals surface area (Å²) in [5, 5.41) is 3.18. The fourth-order valence-electron chi connectivity index (χ4n) is 4.12. The van der Waals surface area contributed by atoms with Gasteiger partial charge in [0.2, 0.25) is 11.8 Å². The van der Waals surface area contributed by atoms with Gasteiger partial charge in [0.25, 0.3) is 0 Å². The Morgan fingerprint density at radius 2 is 1.67 bits per heavy atom. The predicted molar refractivity (Wildman–Crippen MR) is 116 cm³/mol. The molecule has 0 heterocycles. The molecule has 1 aliphatic carbocycles. The maximum absolute atomic E-state index is 13.3. The summed E-state index contributed by atoms with van der Waals surface area (Å²) < 4.78 is 13.2. The van der Waals surface area contributed by atoms with E-state index in [0.717, 1.165) is 36.8 Å². The Morgan fingerprint density at radius 3 is 2.30 bits per heavy atom. The Kier molecular flexibility index (Phi) is 8.00. The molecule has 1 saturated carbocycles. The summed E-state index contributed by atoms with van der Waals surface area (Å²) in [5.41, 5.74) is 1.72. The van der Waals surface area contributed by atoms with Gasteiger partial charge in [-0.15, -0.1) is 0 Å². The van der Waals surface area contributed by atoms with Crippen molar-refractivity contribution in [2.75, 3.05) is 0 Å². The van der Waals surface area contributed by atoms with Gasteiger partial charge < -0.3 is 10.2 Å². The molecule has 160 valence electrons. The van der Waals surface area contributed by atoms with E-state index in [-0.39, 0.29) is 30.1 Å². The lowest BCUT2D eigenvalue weighted by atomic mass is 9.95. The average Bonchev–Trinajstić information content (AvgIpc) is 2.76. The number of carbonyl (C=O) groups excluding carboxylic acids is 2. The summed E-state index contributed by atoms with van der Waals surface area (Å²) in [5.74, 6) is -0.533. The molecule has 4 nitrogen and oxygen atoms in total. The molecular weight excluding hydrogens is 379 g/mol. The summed E-state index contributed by atoms with van der Waals surface area (Å²) in [7, 11) is 0. The monoisotopic (exact) mass is 410 g/mol. The molecule has 0 radical (unpaired) electrons. The zero-order chi connectivity index (χ0) is 21.3. The first-order valence-corrected chi connectivity index (χ1v) is 10.9. The van der Waals surface area contributed by atoms with Crippen molar-refractivity contribution in [1.29, 1.82) is 0 Å². The van der Waals surface area contributed by atoms with Crippen LogP contribution in [0.4, 0.5) is 4.39 Å². The fourth-order valence-corrected chi connectivity index (χ4v) is 4.12. The molecule has 2 aromatic carbocycles. The van der Waals surface area contributed by atoms with Crippen molar-refractivity contribution in [2.45, 2.75) is 70.5 Å². The van der Waals surface area contributed by atoms with Crippen molar-refractivity contribution >= 4 is 11.8 Å². The average molecular weight is 411 g/mol. The van der Waals surface area contributed by atoms with Gasteiger partial charge >= 0.3 is 0 Å². The quantitative estimate of drug-likeness (QED) is 0.690. The minimum absolute atomic E-state index is 0.0761. The number of benzene rings is 2. The first kappa shape index (κ1) is 22.0. The molecule has 1 atom stereocenters. The van der Waals surface area contributed by atoms with Gasteiger partial charge in [0, 0.05) is 12.6 Å². The van der Waals surface area contributed by atoms with E-state index < -0.39 is 6.04 Å². The van der Waals surface area contributed by atoms with E-state index in [1.165, 1.54) is 18.6 Å². The number of amides is 2. The summed E-state index contributed by atoms with van der Waals surface area (Å²) in [6.45, 7) is 2.31. The second-order valence-electron chi connectivity index (χ2n) is 8.08. The lowest BCUT2D eigenvalue weighted by Gasteiger charge is -2.33. The van der Waals surface area contributed by atoms with Gasteiger partial charge in [-0.1, -0.05) is 68.7 Å². The third-order valence-corrected chi connectivity index (χ3v) is 5.80. The first-order valence-electron chi connectivity index (χ1n) is 10.9. The molecule has 30 heavy (non-hydrogen) atoms. The van der Waals surface area contributed by atoms with Gasteiger partial charge in [0.1, 0.15) is 11.9 Å². The van der Waals surface area contributed by atoms with Gasteiger partial charge in [0.15, 0.2) is 0 Å². The highest BCUT2D eigenvalue weighted by Crippen LogP contribution is 2.19. The zero-order valence-corrected chi connectivity index (χ0v) is 17.6. The lowest BCUT2D eigenvalue weighted by molar-refractivity contribution is -0.141. The number of hydrogen-bond acceptors (Lipinski definition) is 2. The molecule has 3 rings (SSSR count). The molecule has 1 N–H and O–H groups in total.